The Morgan fingerprint density at radius 3 is 2.56 bits per heavy atom. The summed E-state index contributed by atoms with van der Waals surface area (Å²) in [5.74, 6) is 2.74. The predicted octanol–water partition coefficient (Wildman–Crippen LogP) is 0.871. The molecule has 0 aromatic carbocycles. The highest BCUT2D eigenvalue weighted by molar-refractivity contribution is 5.75. The minimum absolute atomic E-state index is 0.170. The molecule has 1 heterocycles. The van der Waals surface area contributed by atoms with Crippen LogP contribution in [0.25, 0.3) is 0 Å². The molecule has 4 heteroatoms. The van der Waals surface area contributed by atoms with Crippen molar-refractivity contribution in [3.8, 4) is 12.3 Å². The molecule has 0 aromatic heterocycles. The van der Waals surface area contributed by atoms with Gasteiger partial charge in [-0.2, -0.15) is 0 Å². The van der Waals surface area contributed by atoms with Crippen molar-refractivity contribution in [2.45, 2.75) is 38.8 Å². The Morgan fingerprint density at radius 2 is 2.11 bits per heavy atom. The third kappa shape index (κ3) is 4.32. The molecule has 0 unspecified atom stereocenters. The first-order valence-corrected chi connectivity index (χ1v) is 6.58. The zero-order valence-electron chi connectivity index (χ0n) is 11.6. The fourth-order valence-corrected chi connectivity index (χ4v) is 2.30. The summed E-state index contributed by atoms with van der Waals surface area (Å²) >= 11 is 0. The summed E-state index contributed by atoms with van der Waals surface area (Å²) in [5.41, 5.74) is 0. The molecular weight excluding hydrogens is 228 g/mol. The summed E-state index contributed by atoms with van der Waals surface area (Å²) in [7, 11) is 1.44. The molecule has 1 rings (SSSR count). The van der Waals surface area contributed by atoms with Gasteiger partial charge in [-0.15, -0.1) is 6.42 Å². The van der Waals surface area contributed by atoms with Crippen LogP contribution in [0.15, 0.2) is 0 Å². The van der Waals surface area contributed by atoms with Gasteiger partial charge in [0, 0.05) is 19.1 Å². The highest BCUT2D eigenvalue weighted by Gasteiger charge is 2.27. The quantitative estimate of drug-likeness (QED) is 0.582. The molecule has 1 fully saturated rings. The number of piperidine rings is 1. The van der Waals surface area contributed by atoms with Crippen LogP contribution in [0.3, 0.4) is 0 Å². The maximum atomic E-state index is 11.7. The number of ether oxygens (including phenoxy) is 1. The van der Waals surface area contributed by atoms with Gasteiger partial charge in [0.2, 0.25) is 0 Å². The van der Waals surface area contributed by atoms with Gasteiger partial charge in [0.05, 0.1) is 13.7 Å². The van der Waals surface area contributed by atoms with E-state index in [-0.39, 0.29) is 17.9 Å². The van der Waals surface area contributed by atoms with Crippen LogP contribution in [0.4, 0.5) is 0 Å². The Labute approximate surface area is 110 Å². The Bertz CT molecular complexity index is 301. The fourth-order valence-electron chi connectivity index (χ4n) is 2.30. The van der Waals surface area contributed by atoms with Crippen molar-refractivity contribution in [2.24, 2.45) is 5.92 Å². The second kappa shape index (κ2) is 7.40. The van der Waals surface area contributed by atoms with Crippen LogP contribution in [0.5, 0.6) is 0 Å². The fraction of sp³-hybridized carbons (Fsp3) is 0.786. The van der Waals surface area contributed by atoms with E-state index in [2.05, 4.69) is 16.1 Å². The monoisotopic (exact) mass is 252 g/mol. The first-order valence-electron chi connectivity index (χ1n) is 6.58. The number of esters is 1. The standard InChI is InChI=1S/C14H24N2O2/c1-5-8-16-9-6-12(7-10-16)15-13(11(2)3)14(17)18-4/h1,11-13,15H,6-10H2,2-4H3/t13-/m1/s1. The van der Waals surface area contributed by atoms with Gasteiger partial charge in [-0.05, 0) is 18.8 Å². The number of terminal acetylenes is 1. The summed E-state index contributed by atoms with van der Waals surface area (Å²) in [5, 5.41) is 3.42. The van der Waals surface area contributed by atoms with Crippen molar-refractivity contribution in [2.75, 3.05) is 26.7 Å². The molecule has 18 heavy (non-hydrogen) atoms. The molecule has 0 bridgehead atoms. The van der Waals surface area contributed by atoms with Gasteiger partial charge in [-0.3, -0.25) is 9.69 Å². The molecular formula is C14H24N2O2. The average Bonchev–Trinajstić information content (AvgIpc) is 2.37. The highest BCUT2D eigenvalue weighted by atomic mass is 16.5. The van der Waals surface area contributed by atoms with Gasteiger partial charge in [0.15, 0.2) is 0 Å². The van der Waals surface area contributed by atoms with Crippen LogP contribution in [0.2, 0.25) is 0 Å². The molecule has 0 saturated carbocycles. The second-order valence-corrected chi connectivity index (χ2v) is 5.17. The van der Waals surface area contributed by atoms with Crippen LogP contribution in [0, 0.1) is 18.3 Å². The van der Waals surface area contributed by atoms with Gasteiger partial charge < -0.3 is 10.1 Å². The number of nitrogens with zero attached hydrogens (tertiary/aromatic N) is 1. The number of carbonyl (C=O) groups excluding carboxylic acids is 1. The molecule has 1 N–H and O–H groups in total. The van der Waals surface area contributed by atoms with Gasteiger partial charge in [0.25, 0.3) is 0 Å². The second-order valence-electron chi connectivity index (χ2n) is 5.17. The lowest BCUT2D eigenvalue weighted by atomic mass is 9.99. The summed E-state index contributed by atoms with van der Waals surface area (Å²) in [6.07, 6.45) is 7.36. The van der Waals surface area contributed by atoms with Crippen molar-refractivity contribution >= 4 is 5.97 Å². The van der Waals surface area contributed by atoms with E-state index in [0.29, 0.717) is 6.04 Å². The first-order chi connectivity index (χ1) is 8.58. The summed E-state index contributed by atoms with van der Waals surface area (Å²) in [6.45, 7) is 6.77. The normalized spacial score (nSPS) is 19.5. The minimum atomic E-state index is -0.209. The molecule has 1 atom stereocenters. The van der Waals surface area contributed by atoms with Crippen LogP contribution >= 0.6 is 0 Å². The number of rotatable bonds is 5. The third-order valence-corrected chi connectivity index (χ3v) is 3.44. The Balaban J connectivity index is 2.43. The van der Waals surface area contributed by atoms with Gasteiger partial charge in [-0.25, -0.2) is 0 Å². The van der Waals surface area contributed by atoms with Crippen LogP contribution in [-0.4, -0.2) is 49.7 Å². The lowest BCUT2D eigenvalue weighted by Gasteiger charge is -2.33. The Kier molecular flexibility index (Phi) is 6.17. The van der Waals surface area contributed by atoms with Crippen molar-refractivity contribution in [3.63, 3.8) is 0 Å². The first kappa shape index (κ1) is 15.0. The third-order valence-electron chi connectivity index (χ3n) is 3.44. The number of hydrogen-bond acceptors (Lipinski definition) is 4. The number of carbonyl (C=O) groups is 1. The van der Waals surface area contributed by atoms with Crippen LogP contribution < -0.4 is 5.32 Å². The van der Waals surface area contributed by atoms with Gasteiger partial charge in [0.1, 0.15) is 6.04 Å². The summed E-state index contributed by atoms with van der Waals surface area (Å²) < 4.78 is 4.84. The molecule has 1 aliphatic heterocycles. The smallest absolute Gasteiger partial charge is 0.323 e. The van der Waals surface area contributed by atoms with E-state index in [0.717, 1.165) is 32.5 Å². The summed E-state index contributed by atoms with van der Waals surface area (Å²) in [6, 6.07) is 0.171. The minimum Gasteiger partial charge on any atom is -0.468 e. The Hall–Kier alpha value is -1.05. The van der Waals surface area contributed by atoms with E-state index in [1.165, 1.54) is 7.11 Å². The topological polar surface area (TPSA) is 41.6 Å². The van der Waals surface area contributed by atoms with E-state index in [9.17, 15) is 4.79 Å². The number of hydrogen-bond donors (Lipinski definition) is 1. The van der Waals surface area contributed by atoms with Crippen molar-refractivity contribution < 1.29 is 9.53 Å². The van der Waals surface area contributed by atoms with E-state index >= 15 is 0 Å². The molecule has 102 valence electrons. The molecule has 1 saturated heterocycles. The zero-order valence-corrected chi connectivity index (χ0v) is 11.6. The molecule has 0 amide bonds. The largest absolute Gasteiger partial charge is 0.468 e. The summed E-state index contributed by atoms with van der Waals surface area (Å²) in [4.78, 5) is 13.9. The van der Waals surface area contributed by atoms with Gasteiger partial charge >= 0.3 is 5.97 Å². The number of likely N-dealkylation sites (tertiary alicyclic amines) is 1. The lowest BCUT2D eigenvalue weighted by molar-refractivity contribution is -0.144. The number of methoxy groups -OCH3 is 1. The van der Waals surface area contributed by atoms with Crippen LogP contribution in [0.1, 0.15) is 26.7 Å². The predicted molar refractivity (Wildman–Crippen MR) is 72.1 cm³/mol. The number of nitrogens with one attached hydrogen (secondary N) is 1. The molecule has 0 spiro atoms. The van der Waals surface area contributed by atoms with Gasteiger partial charge in [-0.1, -0.05) is 19.8 Å². The molecule has 0 aromatic rings. The SMILES string of the molecule is C#CCN1CCC(N[C@@H](C(=O)OC)C(C)C)CC1. The Morgan fingerprint density at radius 1 is 1.50 bits per heavy atom. The van der Waals surface area contributed by atoms with Crippen molar-refractivity contribution in [1.82, 2.24) is 10.2 Å². The maximum absolute atomic E-state index is 11.7. The van der Waals surface area contributed by atoms with Crippen molar-refractivity contribution in [1.29, 1.82) is 0 Å². The van der Waals surface area contributed by atoms with Crippen molar-refractivity contribution in [3.05, 3.63) is 0 Å². The zero-order chi connectivity index (χ0) is 13.5. The van der Waals surface area contributed by atoms with E-state index < -0.39 is 0 Å². The van der Waals surface area contributed by atoms with E-state index in [1.54, 1.807) is 0 Å². The molecule has 0 aliphatic carbocycles. The van der Waals surface area contributed by atoms with E-state index in [1.807, 2.05) is 13.8 Å². The molecule has 4 nitrogen and oxygen atoms in total. The molecule has 1 aliphatic rings. The van der Waals surface area contributed by atoms with E-state index in [4.69, 9.17) is 11.2 Å². The lowest BCUT2D eigenvalue weighted by Crippen LogP contribution is -2.51. The highest BCUT2D eigenvalue weighted by Crippen LogP contribution is 2.13. The van der Waals surface area contributed by atoms with Crippen LogP contribution in [-0.2, 0) is 9.53 Å². The maximum Gasteiger partial charge on any atom is 0.323 e. The molecule has 0 radical (unpaired) electrons. The average molecular weight is 252 g/mol.